The maximum atomic E-state index is 14.0. The highest BCUT2D eigenvalue weighted by molar-refractivity contribution is 7.90. The Kier molecular flexibility index (Phi) is 4.46. The zero-order chi connectivity index (χ0) is 21.0. The highest BCUT2D eigenvalue weighted by Gasteiger charge is 2.35. The van der Waals surface area contributed by atoms with Crippen LogP contribution < -0.4 is 0 Å². The first-order chi connectivity index (χ1) is 13.5. The van der Waals surface area contributed by atoms with E-state index in [2.05, 4.69) is 10.1 Å². The Morgan fingerprint density at radius 2 is 1.76 bits per heavy atom. The lowest BCUT2D eigenvalue weighted by molar-refractivity contribution is -0.141. The molecule has 0 saturated heterocycles. The summed E-state index contributed by atoms with van der Waals surface area (Å²) >= 11 is 1.03. The van der Waals surface area contributed by atoms with Gasteiger partial charge in [-0.3, -0.25) is 0 Å². The molecule has 0 unspecified atom stereocenters. The van der Waals surface area contributed by atoms with Crippen molar-refractivity contribution in [3.8, 4) is 16.4 Å². The zero-order valence-electron chi connectivity index (χ0n) is 14.6. The van der Waals surface area contributed by atoms with Crippen LogP contribution in [-0.2, 0) is 16.0 Å². The van der Waals surface area contributed by atoms with Crippen molar-refractivity contribution in [3.63, 3.8) is 0 Å². The van der Waals surface area contributed by atoms with Crippen LogP contribution in [0.5, 0.6) is 0 Å². The Balaban J connectivity index is 1.91. The second kappa shape index (κ2) is 6.63. The molecule has 0 aliphatic heterocycles. The number of alkyl halides is 3. The van der Waals surface area contributed by atoms with Gasteiger partial charge in [-0.15, -0.1) is 11.3 Å². The SMILES string of the molecule is CS(=O)(=O)c1ccc(-n2nc(C(F)(F)F)cc2-c2nc3c(F)cccc3s2)cc1. The number of hydrogen-bond donors (Lipinski definition) is 0. The predicted octanol–water partition coefficient (Wildman–Crippen LogP) is 4.71. The third-order valence-electron chi connectivity index (χ3n) is 4.10. The number of fused-ring (bicyclic) bond motifs is 1. The van der Waals surface area contributed by atoms with Gasteiger partial charge >= 0.3 is 6.18 Å². The molecule has 11 heteroatoms. The van der Waals surface area contributed by atoms with Crippen molar-refractivity contribution in [1.29, 1.82) is 0 Å². The summed E-state index contributed by atoms with van der Waals surface area (Å²) in [6.07, 6.45) is -3.67. The Morgan fingerprint density at radius 3 is 2.34 bits per heavy atom. The summed E-state index contributed by atoms with van der Waals surface area (Å²) in [7, 11) is -3.47. The van der Waals surface area contributed by atoms with Gasteiger partial charge in [-0.05, 0) is 42.5 Å². The third-order valence-corrected chi connectivity index (χ3v) is 6.27. The van der Waals surface area contributed by atoms with Crippen LogP contribution in [0.1, 0.15) is 5.69 Å². The molecule has 0 saturated carbocycles. The molecule has 0 aliphatic carbocycles. The summed E-state index contributed by atoms with van der Waals surface area (Å²) in [6.45, 7) is 0. The molecule has 2 aromatic carbocycles. The van der Waals surface area contributed by atoms with Gasteiger partial charge in [0.05, 0.1) is 15.3 Å². The van der Waals surface area contributed by atoms with Crippen LogP contribution >= 0.6 is 11.3 Å². The fourth-order valence-corrected chi connectivity index (χ4v) is 4.34. The van der Waals surface area contributed by atoms with Gasteiger partial charge in [-0.25, -0.2) is 22.5 Å². The minimum absolute atomic E-state index is 0.0185. The van der Waals surface area contributed by atoms with Gasteiger partial charge in [0.1, 0.15) is 22.0 Å². The summed E-state index contributed by atoms with van der Waals surface area (Å²) in [6, 6.07) is 10.4. The number of hydrogen-bond acceptors (Lipinski definition) is 5. The first kappa shape index (κ1) is 19.5. The molecule has 2 aromatic heterocycles. The van der Waals surface area contributed by atoms with Gasteiger partial charge < -0.3 is 0 Å². The highest BCUT2D eigenvalue weighted by Crippen LogP contribution is 2.36. The standard InChI is InChI=1S/C18H11F4N3O2S2/c1-29(26,27)11-7-5-10(6-8-11)25-13(9-15(24-25)18(20,21)22)17-23-16-12(19)3-2-4-14(16)28-17/h2-9H,1H3. The monoisotopic (exact) mass is 441 g/mol. The van der Waals surface area contributed by atoms with Crippen molar-refractivity contribution in [2.75, 3.05) is 6.26 Å². The summed E-state index contributed by atoms with van der Waals surface area (Å²) in [5.41, 5.74) is -0.853. The van der Waals surface area contributed by atoms with E-state index >= 15 is 0 Å². The lowest BCUT2D eigenvalue weighted by Crippen LogP contribution is -2.07. The van der Waals surface area contributed by atoms with Crippen molar-refractivity contribution in [3.05, 3.63) is 60.0 Å². The van der Waals surface area contributed by atoms with Crippen molar-refractivity contribution < 1.29 is 26.0 Å². The minimum atomic E-state index is -4.70. The van der Waals surface area contributed by atoms with Crippen LogP contribution in [0.25, 0.3) is 26.6 Å². The molecule has 0 N–H and O–H groups in total. The molecular weight excluding hydrogens is 430 g/mol. The van der Waals surface area contributed by atoms with E-state index in [9.17, 15) is 26.0 Å². The number of sulfone groups is 1. The topological polar surface area (TPSA) is 64.8 Å². The fourth-order valence-electron chi connectivity index (χ4n) is 2.73. The fraction of sp³-hybridized carbons (Fsp3) is 0.111. The summed E-state index contributed by atoms with van der Waals surface area (Å²) in [5.74, 6) is -0.579. The number of para-hydroxylation sites is 1. The molecule has 150 valence electrons. The number of halogens is 4. The third kappa shape index (κ3) is 3.62. The smallest absolute Gasteiger partial charge is 0.231 e. The maximum absolute atomic E-state index is 14.0. The second-order valence-corrected chi connectivity index (χ2v) is 9.24. The van der Waals surface area contributed by atoms with E-state index in [1.54, 1.807) is 6.07 Å². The largest absolute Gasteiger partial charge is 0.435 e. The number of aromatic nitrogens is 3. The first-order valence-electron chi connectivity index (χ1n) is 8.07. The van der Waals surface area contributed by atoms with E-state index in [0.29, 0.717) is 4.70 Å². The Labute approximate surface area is 166 Å². The van der Waals surface area contributed by atoms with Crippen molar-refractivity contribution in [2.24, 2.45) is 0 Å². The van der Waals surface area contributed by atoms with Gasteiger partial charge in [0, 0.05) is 6.26 Å². The Bertz CT molecular complexity index is 1320. The molecule has 4 aromatic rings. The van der Waals surface area contributed by atoms with Gasteiger partial charge in [0.15, 0.2) is 15.5 Å². The van der Waals surface area contributed by atoms with Crippen LogP contribution in [0.2, 0.25) is 0 Å². The van der Waals surface area contributed by atoms with E-state index < -0.39 is 27.5 Å². The first-order valence-corrected chi connectivity index (χ1v) is 10.8. The molecule has 0 fully saturated rings. The average Bonchev–Trinajstić information content (AvgIpc) is 3.26. The van der Waals surface area contributed by atoms with E-state index in [1.165, 1.54) is 36.4 Å². The van der Waals surface area contributed by atoms with E-state index in [4.69, 9.17) is 0 Å². The average molecular weight is 441 g/mol. The molecular formula is C18H11F4N3O2S2. The molecule has 0 amide bonds. The minimum Gasteiger partial charge on any atom is -0.231 e. The lowest BCUT2D eigenvalue weighted by Gasteiger charge is -2.07. The molecule has 0 spiro atoms. The van der Waals surface area contributed by atoms with Crippen LogP contribution in [0.4, 0.5) is 17.6 Å². The number of benzene rings is 2. The van der Waals surface area contributed by atoms with Crippen molar-refractivity contribution in [1.82, 2.24) is 14.8 Å². The quantitative estimate of drug-likeness (QED) is 0.432. The van der Waals surface area contributed by atoms with Gasteiger partial charge in [0.2, 0.25) is 0 Å². The van der Waals surface area contributed by atoms with Crippen molar-refractivity contribution in [2.45, 2.75) is 11.1 Å². The van der Waals surface area contributed by atoms with Crippen molar-refractivity contribution >= 4 is 31.4 Å². The number of thiazole rings is 1. The molecule has 2 heterocycles. The molecule has 0 atom stereocenters. The molecule has 4 rings (SSSR count). The molecule has 29 heavy (non-hydrogen) atoms. The van der Waals surface area contributed by atoms with E-state index in [0.717, 1.165) is 28.3 Å². The van der Waals surface area contributed by atoms with Gasteiger partial charge in [-0.1, -0.05) is 6.07 Å². The normalized spacial score (nSPS) is 12.6. The lowest BCUT2D eigenvalue weighted by atomic mass is 10.3. The van der Waals surface area contributed by atoms with Crippen LogP contribution in [0.3, 0.4) is 0 Å². The van der Waals surface area contributed by atoms with E-state index in [1.807, 2.05) is 0 Å². The molecule has 5 nitrogen and oxygen atoms in total. The van der Waals surface area contributed by atoms with Crippen LogP contribution in [-0.4, -0.2) is 29.4 Å². The van der Waals surface area contributed by atoms with Crippen LogP contribution in [0.15, 0.2) is 53.4 Å². The maximum Gasteiger partial charge on any atom is 0.435 e. The van der Waals surface area contributed by atoms with E-state index in [-0.39, 0.29) is 26.8 Å². The van der Waals surface area contributed by atoms with Gasteiger partial charge in [0.25, 0.3) is 0 Å². The Hall–Kier alpha value is -2.79. The van der Waals surface area contributed by atoms with Crippen LogP contribution in [0, 0.1) is 5.82 Å². The summed E-state index contributed by atoms with van der Waals surface area (Å²) < 4.78 is 78.5. The second-order valence-electron chi connectivity index (χ2n) is 6.20. The zero-order valence-corrected chi connectivity index (χ0v) is 16.2. The number of rotatable bonds is 3. The predicted molar refractivity (Wildman–Crippen MR) is 100 cm³/mol. The van der Waals surface area contributed by atoms with Gasteiger partial charge in [-0.2, -0.15) is 18.3 Å². The number of nitrogens with zero attached hydrogens (tertiary/aromatic N) is 3. The molecule has 0 aliphatic rings. The summed E-state index contributed by atoms with van der Waals surface area (Å²) in [5, 5.41) is 3.78. The Morgan fingerprint density at radius 1 is 1.07 bits per heavy atom. The highest BCUT2D eigenvalue weighted by atomic mass is 32.2. The molecule has 0 bridgehead atoms. The molecule has 0 radical (unpaired) electrons. The summed E-state index contributed by atoms with van der Waals surface area (Å²) in [4.78, 5) is 4.16.